The molecule has 0 saturated carbocycles. The molecule has 2 rings (SSSR count). The van der Waals surface area contributed by atoms with Gasteiger partial charge < -0.3 is 15.1 Å². The summed E-state index contributed by atoms with van der Waals surface area (Å²) in [6, 6.07) is 1.29. The highest BCUT2D eigenvalue weighted by Gasteiger charge is 2.38. The van der Waals surface area contributed by atoms with Crippen LogP contribution < -0.4 is 9.62 Å². The molecule has 0 aliphatic rings. The normalized spacial score (nSPS) is 11.4. The van der Waals surface area contributed by atoms with Crippen molar-refractivity contribution in [2.45, 2.75) is 46.8 Å². The number of rotatable bonds is 9. The maximum atomic E-state index is 11.7. The van der Waals surface area contributed by atoms with E-state index in [1.807, 2.05) is 25.5 Å². The molecule has 0 bridgehead atoms. The van der Waals surface area contributed by atoms with Crippen molar-refractivity contribution in [2.24, 2.45) is 0 Å². The second-order valence-corrected chi connectivity index (χ2v) is 9.36. The van der Waals surface area contributed by atoms with Crippen LogP contribution in [0.1, 0.15) is 41.2 Å². The highest BCUT2D eigenvalue weighted by Crippen LogP contribution is 2.22. The summed E-state index contributed by atoms with van der Waals surface area (Å²) in [5.41, 5.74) is 3.27. The van der Waals surface area contributed by atoms with Gasteiger partial charge in [0.15, 0.2) is 0 Å². The number of aliphatic carboxylic acids is 1. The topological polar surface area (TPSA) is 155 Å². The van der Waals surface area contributed by atoms with E-state index >= 15 is 0 Å². The number of aromatic nitrogens is 3. The number of aryl methyl sites for hydroxylation is 2. The lowest BCUT2D eigenvalue weighted by Crippen LogP contribution is -2.24. The molecule has 0 fully saturated rings. The molecule has 15 heteroatoms. The van der Waals surface area contributed by atoms with Gasteiger partial charge in [-0.25, -0.2) is 23.0 Å². The molecule has 3 N–H and O–H groups in total. The minimum Gasteiger partial charge on any atom is -0.478 e. The Kier molecular flexibility index (Phi) is 10.1. The predicted molar refractivity (Wildman–Crippen MR) is 122 cm³/mol. The van der Waals surface area contributed by atoms with Crippen molar-refractivity contribution in [3.8, 4) is 0 Å². The van der Waals surface area contributed by atoms with E-state index in [0.717, 1.165) is 23.5 Å². The van der Waals surface area contributed by atoms with Gasteiger partial charge in [0.25, 0.3) is 0 Å². The highest BCUT2D eigenvalue weighted by molar-refractivity contribution is 7.92. The number of halogens is 3. The van der Waals surface area contributed by atoms with Gasteiger partial charge in [0, 0.05) is 25.8 Å². The van der Waals surface area contributed by atoms with Gasteiger partial charge in [-0.05, 0) is 45.7 Å². The minimum atomic E-state index is -5.08. The molecule has 2 aromatic rings. The molecule has 0 spiro atoms. The van der Waals surface area contributed by atoms with Crippen LogP contribution in [0.15, 0.2) is 12.3 Å². The first-order chi connectivity index (χ1) is 16.0. The third-order valence-corrected chi connectivity index (χ3v) is 6.19. The van der Waals surface area contributed by atoms with Crippen LogP contribution in [-0.4, -0.2) is 70.9 Å². The fourth-order valence-corrected chi connectivity index (χ4v) is 3.63. The molecule has 0 unspecified atom stereocenters. The zero-order valence-corrected chi connectivity index (χ0v) is 20.7. The minimum absolute atomic E-state index is 0.0588. The first-order valence-electron chi connectivity index (χ1n) is 10.3. The Morgan fingerprint density at radius 2 is 1.77 bits per heavy atom. The second kappa shape index (κ2) is 11.9. The molecule has 0 aliphatic carbocycles. The summed E-state index contributed by atoms with van der Waals surface area (Å²) in [6.07, 6.45) is -3.06. The number of carboxylic acids is 2. The van der Waals surface area contributed by atoms with E-state index in [-0.39, 0.29) is 22.8 Å². The van der Waals surface area contributed by atoms with Gasteiger partial charge in [-0.3, -0.25) is 9.40 Å². The summed E-state index contributed by atoms with van der Waals surface area (Å²) in [5.74, 6) is -3.75. The number of alkyl halides is 3. The number of hydrogen-bond acceptors (Lipinski definition) is 7. The summed E-state index contributed by atoms with van der Waals surface area (Å²) in [4.78, 5) is 26.5. The van der Waals surface area contributed by atoms with Crippen molar-refractivity contribution >= 4 is 33.5 Å². The lowest BCUT2D eigenvalue weighted by molar-refractivity contribution is -0.192. The van der Waals surface area contributed by atoms with E-state index < -0.39 is 28.1 Å². The smallest absolute Gasteiger partial charge is 0.478 e. The van der Waals surface area contributed by atoms with Crippen LogP contribution in [0.2, 0.25) is 0 Å². The SMILES string of the molecule is CCn1nc(C)c(CCN(C)c2ncc(NS(=O)(=O)CC)cc2C(=O)O)c1C.O=C(O)C(F)(F)F. The van der Waals surface area contributed by atoms with E-state index in [1.54, 1.807) is 11.9 Å². The molecule has 0 aliphatic heterocycles. The van der Waals surface area contributed by atoms with Crippen molar-refractivity contribution < 1.29 is 41.4 Å². The van der Waals surface area contributed by atoms with Gasteiger partial charge in [0.2, 0.25) is 10.0 Å². The molecule has 35 heavy (non-hydrogen) atoms. The van der Waals surface area contributed by atoms with Gasteiger partial charge in [-0.1, -0.05) is 0 Å². The molecule has 2 aromatic heterocycles. The summed E-state index contributed by atoms with van der Waals surface area (Å²) in [7, 11) is -1.75. The lowest BCUT2D eigenvalue weighted by atomic mass is 10.1. The van der Waals surface area contributed by atoms with E-state index in [9.17, 15) is 31.5 Å². The van der Waals surface area contributed by atoms with Crippen molar-refractivity contribution in [1.29, 1.82) is 0 Å². The number of anilines is 2. The fraction of sp³-hybridized carbons (Fsp3) is 0.500. The van der Waals surface area contributed by atoms with E-state index in [1.165, 1.54) is 19.2 Å². The molecule has 0 aromatic carbocycles. The van der Waals surface area contributed by atoms with Gasteiger partial charge in [-0.15, -0.1) is 0 Å². The lowest BCUT2D eigenvalue weighted by Gasteiger charge is -2.21. The van der Waals surface area contributed by atoms with Crippen LogP contribution in [0.3, 0.4) is 0 Å². The number of hydrogen-bond donors (Lipinski definition) is 3. The van der Waals surface area contributed by atoms with Gasteiger partial charge in [0.05, 0.1) is 23.3 Å². The first-order valence-corrected chi connectivity index (χ1v) is 12.0. The molecular formula is C20H28F3N5O6S. The van der Waals surface area contributed by atoms with Crippen LogP contribution in [0, 0.1) is 13.8 Å². The molecule has 0 amide bonds. The third kappa shape index (κ3) is 8.42. The summed E-state index contributed by atoms with van der Waals surface area (Å²) >= 11 is 0. The Balaban J connectivity index is 0.000000762. The number of likely N-dealkylation sites (N-methyl/N-ethyl adjacent to an activating group) is 1. The molecule has 0 atom stereocenters. The summed E-state index contributed by atoms with van der Waals surface area (Å²) in [5, 5.41) is 21.2. The van der Waals surface area contributed by atoms with Crippen molar-refractivity contribution in [2.75, 3.05) is 29.0 Å². The maximum absolute atomic E-state index is 11.7. The quantitative estimate of drug-likeness (QED) is 0.450. The number of sulfonamides is 1. The average Bonchev–Trinajstić information content (AvgIpc) is 3.04. The largest absolute Gasteiger partial charge is 0.490 e. The fourth-order valence-electron chi connectivity index (χ4n) is 3.02. The molecule has 2 heterocycles. The number of pyridine rings is 1. The Morgan fingerprint density at radius 3 is 2.20 bits per heavy atom. The summed E-state index contributed by atoms with van der Waals surface area (Å²) in [6.45, 7) is 8.86. The van der Waals surface area contributed by atoms with Crippen molar-refractivity contribution in [3.05, 3.63) is 34.8 Å². The molecular weight excluding hydrogens is 495 g/mol. The number of carbonyl (C=O) groups is 2. The van der Waals surface area contributed by atoms with E-state index in [0.29, 0.717) is 13.0 Å². The number of nitrogens with one attached hydrogen (secondary N) is 1. The monoisotopic (exact) mass is 523 g/mol. The number of aromatic carboxylic acids is 1. The highest BCUT2D eigenvalue weighted by atomic mass is 32.2. The van der Waals surface area contributed by atoms with E-state index in [4.69, 9.17) is 9.90 Å². The second-order valence-electron chi connectivity index (χ2n) is 7.35. The van der Waals surface area contributed by atoms with Crippen LogP contribution >= 0.6 is 0 Å². The maximum Gasteiger partial charge on any atom is 0.490 e. The third-order valence-electron chi connectivity index (χ3n) is 4.88. The predicted octanol–water partition coefficient (Wildman–Crippen LogP) is 2.69. The molecule has 0 radical (unpaired) electrons. The summed E-state index contributed by atoms with van der Waals surface area (Å²) < 4.78 is 59.4. The molecule has 196 valence electrons. The first kappa shape index (κ1) is 29.7. The average molecular weight is 524 g/mol. The van der Waals surface area contributed by atoms with Crippen LogP contribution in [0.25, 0.3) is 0 Å². The van der Waals surface area contributed by atoms with Gasteiger partial charge >= 0.3 is 18.1 Å². The van der Waals surface area contributed by atoms with Gasteiger partial charge in [-0.2, -0.15) is 18.3 Å². The molecule has 0 saturated heterocycles. The van der Waals surface area contributed by atoms with E-state index in [2.05, 4.69) is 14.8 Å². The van der Waals surface area contributed by atoms with Crippen molar-refractivity contribution in [3.63, 3.8) is 0 Å². The Bertz CT molecular complexity index is 1160. The standard InChI is InChI=1S/C18H27N5O4S.C2HF3O2/c1-6-23-13(4)15(12(3)20-23)8-9-22(5)17-16(18(24)25)10-14(11-19-17)21-28(26,27)7-2;3-2(4,5)1(6)7/h10-11,21H,6-9H2,1-5H3,(H,24,25);(H,6,7). The zero-order chi connectivity index (χ0) is 27.1. The number of nitrogens with zero attached hydrogens (tertiary/aromatic N) is 4. The van der Waals surface area contributed by atoms with Gasteiger partial charge in [0.1, 0.15) is 11.4 Å². The van der Waals surface area contributed by atoms with Crippen LogP contribution in [0.5, 0.6) is 0 Å². The van der Waals surface area contributed by atoms with Crippen molar-refractivity contribution in [1.82, 2.24) is 14.8 Å². The Hall–Kier alpha value is -3.36. The molecule has 11 nitrogen and oxygen atoms in total. The van der Waals surface area contributed by atoms with Crippen LogP contribution in [0.4, 0.5) is 24.7 Å². The Morgan fingerprint density at radius 1 is 1.20 bits per heavy atom. The van der Waals surface area contributed by atoms with Crippen LogP contribution in [-0.2, 0) is 27.8 Å². The number of carboxylic acid groups (broad SMARTS) is 2. The Labute approximate surface area is 200 Å². The zero-order valence-electron chi connectivity index (χ0n) is 19.8.